The van der Waals surface area contributed by atoms with Crippen molar-refractivity contribution in [3.05, 3.63) is 57.6 Å². The highest BCUT2D eigenvalue weighted by molar-refractivity contribution is 5.94. The number of amides is 1. The Hall–Kier alpha value is -2.30. The van der Waals surface area contributed by atoms with Gasteiger partial charge in [-0.3, -0.25) is 4.79 Å². The number of benzene rings is 1. The molecule has 0 spiro atoms. The van der Waals surface area contributed by atoms with Gasteiger partial charge in [-0.1, -0.05) is 30.3 Å². The van der Waals surface area contributed by atoms with Crippen LogP contribution in [0.3, 0.4) is 0 Å². The van der Waals surface area contributed by atoms with E-state index in [1.807, 2.05) is 37.3 Å². The van der Waals surface area contributed by atoms with Gasteiger partial charge >= 0.3 is 5.63 Å². The minimum absolute atomic E-state index is 0.116. The van der Waals surface area contributed by atoms with Crippen molar-refractivity contribution in [3.63, 3.8) is 0 Å². The van der Waals surface area contributed by atoms with Crippen LogP contribution in [0.25, 0.3) is 0 Å². The fraction of sp³-hybridized carbons (Fsp3) is 0.333. The first-order valence-corrected chi connectivity index (χ1v) is 6.54. The highest BCUT2D eigenvalue weighted by Crippen LogP contribution is 2.11. The molecule has 0 aliphatic rings. The summed E-state index contributed by atoms with van der Waals surface area (Å²) in [5.74, 6) is -0.289. The van der Waals surface area contributed by atoms with Gasteiger partial charge in [0, 0.05) is 20.1 Å². The second kappa shape index (κ2) is 5.77. The number of aromatic nitrogens is 1. The van der Waals surface area contributed by atoms with Crippen LogP contribution in [-0.4, -0.2) is 22.1 Å². The lowest BCUT2D eigenvalue weighted by Gasteiger charge is -2.20. The zero-order chi connectivity index (χ0) is 14.7. The lowest BCUT2D eigenvalue weighted by Crippen LogP contribution is -2.33. The molecule has 0 radical (unpaired) electrons. The molecule has 0 bridgehead atoms. The number of carbonyl (C=O) groups excluding carboxylic acids is 1. The summed E-state index contributed by atoms with van der Waals surface area (Å²) in [4.78, 5) is 25.9. The minimum atomic E-state index is -0.582. The molecule has 1 aromatic carbocycles. The van der Waals surface area contributed by atoms with Crippen LogP contribution in [0, 0.1) is 6.92 Å². The van der Waals surface area contributed by atoms with E-state index < -0.39 is 5.63 Å². The summed E-state index contributed by atoms with van der Waals surface area (Å²) < 4.78 is 6.25. The van der Waals surface area contributed by atoms with Crippen molar-refractivity contribution in [2.24, 2.45) is 7.05 Å². The summed E-state index contributed by atoms with van der Waals surface area (Å²) in [5.41, 5.74) is 1.11. The van der Waals surface area contributed by atoms with Crippen molar-refractivity contribution in [2.75, 3.05) is 6.54 Å². The lowest BCUT2D eigenvalue weighted by molar-refractivity contribution is 0.0749. The summed E-state index contributed by atoms with van der Waals surface area (Å²) in [6, 6.07) is 9.69. The maximum Gasteiger partial charge on any atom is 0.370 e. The molecule has 0 saturated heterocycles. The maximum atomic E-state index is 12.5. The Kier molecular flexibility index (Phi) is 4.08. The number of hydrogen-bond acceptors (Lipinski definition) is 3. The number of carbonyl (C=O) groups is 1. The summed E-state index contributed by atoms with van der Waals surface area (Å²) in [5, 5.41) is 0. The van der Waals surface area contributed by atoms with E-state index in [0.717, 1.165) is 5.56 Å². The topological polar surface area (TPSA) is 55.5 Å². The molecule has 106 valence electrons. The van der Waals surface area contributed by atoms with Crippen molar-refractivity contribution in [1.82, 2.24) is 9.64 Å². The van der Waals surface area contributed by atoms with Gasteiger partial charge in [0.2, 0.25) is 0 Å². The van der Waals surface area contributed by atoms with Crippen molar-refractivity contribution >= 4 is 5.91 Å². The third-order valence-corrected chi connectivity index (χ3v) is 3.36. The maximum absolute atomic E-state index is 12.5. The Morgan fingerprint density at radius 1 is 1.30 bits per heavy atom. The number of rotatable bonds is 4. The predicted octanol–water partition coefficient (Wildman–Crippen LogP) is 1.95. The van der Waals surface area contributed by atoms with Crippen LogP contribution in [0.2, 0.25) is 0 Å². The van der Waals surface area contributed by atoms with Crippen molar-refractivity contribution in [2.45, 2.75) is 20.4 Å². The third-order valence-electron chi connectivity index (χ3n) is 3.36. The van der Waals surface area contributed by atoms with Gasteiger partial charge < -0.3 is 9.42 Å². The molecule has 20 heavy (non-hydrogen) atoms. The molecule has 0 N–H and O–H groups in total. The average Bonchev–Trinajstić information content (AvgIpc) is 2.70. The number of nitrogens with zero attached hydrogens (tertiary/aromatic N) is 2. The van der Waals surface area contributed by atoms with Crippen LogP contribution in [0.4, 0.5) is 0 Å². The summed E-state index contributed by atoms with van der Waals surface area (Å²) in [7, 11) is 1.61. The summed E-state index contributed by atoms with van der Waals surface area (Å²) >= 11 is 0. The van der Waals surface area contributed by atoms with Crippen LogP contribution in [0.5, 0.6) is 0 Å². The van der Waals surface area contributed by atoms with Gasteiger partial charge in [0.15, 0.2) is 0 Å². The Balaban J connectivity index is 2.28. The van der Waals surface area contributed by atoms with Gasteiger partial charge in [-0.05, 0) is 19.4 Å². The van der Waals surface area contributed by atoms with E-state index in [1.54, 1.807) is 18.9 Å². The van der Waals surface area contributed by atoms with Crippen molar-refractivity contribution < 1.29 is 9.32 Å². The highest BCUT2D eigenvalue weighted by atomic mass is 16.5. The molecule has 0 aliphatic carbocycles. The van der Waals surface area contributed by atoms with Gasteiger partial charge in [-0.25, -0.2) is 9.53 Å². The molecule has 0 fully saturated rings. The van der Waals surface area contributed by atoms with E-state index in [1.165, 1.54) is 4.74 Å². The first-order chi connectivity index (χ1) is 9.54. The Morgan fingerprint density at radius 3 is 2.45 bits per heavy atom. The average molecular weight is 274 g/mol. The molecular weight excluding hydrogens is 256 g/mol. The largest absolute Gasteiger partial charge is 0.370 e. The first kappa shape index (κ1) is 14.1. The Morgan fingerprint density at radius 2 is 1.95 bits per heavy atom. The standard InChI is InChI=1S/C15H18N2O3/c1-4-17(10-12-8-6-5-7-9-12)14(18)13-11(2)16(3)20-15(13)19/h5-9H,4,10H2,1-3H3. The zero-order valence-corrected chi connectivity index (χ0v) is 11.9. The van der Waals surface area contributed by atoms with E-state index in [0.29, 0.717) is 18.8 Å². The van der Waals surface area contributed by atoms with E-state index in [-0.39, 0.29) is 11.5 Å². The molecule has 2 aromatic rings. The molecular formula is C15H18N2O3. The van der Waals surface area contributed by atoms with Crippen LogP contribution in [0.1, 0.15) is 28.5 Å². The van der Waals surface area contributed by atoms with Gasteiger partial charge in [-0.15, -0.1) is 0 Å². The van der Waals surface area contributed by atoms with Crippen molar-refractivity contribution in [3.8, 4) is 0 Å². The second-order valence-electron chi connectivity index (χ2n) is 4.64. The fourth-order valence-corrected chi connectivity index (χ4v) is 2.07. The summed E-state index contributed by atoms with van der Waals surface area (Å²) in [6.07, 6.45) is 0. The van der Waals surface area contributed by atoms with Gasteiger partial charge in [-0.2, -0.15) is 0 Å². The summed E-state index contributed by atoms with van der Waals surface area (Å²) in [6.45, 7) is 4.60. The molecule has 1 heterocycles. The Labute approximate surface area is 117 Å². The van der Waals surface area contributed by atoms with Crippen LogP contribution >= 0.6 is 0 Å². The second-order valence-corrected chi connectivity index (χ2v) is 4.64. The third kappa shape index (κ3) is 2.66. The molecule has 5 heteroatoms. The molecule has 2 rings (SSSR count). The zero-order valence-electron chi connectivity index (χ0n) is 11.9. The SMILES string of the molecule is CCN(Cc1ccccc1)C(=O)c1c(C)n(C)oc1=O. The first-order valence-electron chi connectivity index (χ1n) is 6.54. The quantitative estimate of drug-likeness (QED) is 0.856. The smallest absolute Gasteiger partial charge is 0.336 e. The molecule has 0 unspecified atom stereocenters. The monoisotopic (exact) mass is 274 g/mol. The van der Waals surface area contributed by atoms with Gasteiger partial charge in [0.05, 0.1) is 5.69 Å². The fourth-order valence-electron chi connectivity index (χ4n) is 2.07. The lowest BCUT2D eigenvalue weighted by atomic mass is 10.2. The van der Waals surface area contributed by atoms with Crippen LogP contribution in [-0.2, 0) is 13.6 Å². The minimum Gasteiger partial charge on any atom is -0.336 e. The number of aryl methyl sites for hydroxylation is 1. The van der Waals surface area contributed by atoms with E-state index in [4.69, 9.17) is 4.52 Å². The van der Waals surface area contributed by atoms with Crippen molar-refractivity contribution in [1.29, 1.82) is 0 Å². The van der Waals surface area contributed by atoms with E-state index in [2.05, 4.69) is 0 Å². The molecule has 5 nitrogen and oxygen atoms in total. The number of hydrogen-bond donors (Lipinski definition) is 0. The van der Waals surface area contributed by atoms with Gasteiger partial charge in [0.25, 0.3) is 5.91 Å². The van der Waals surface area contributed by atoms with Crippen LogP contribution < -0.4 is 5.63 Å². The molecule has 1 aromatic heterocycles. The molecule has 1 amide bonds. The van der Waals surface area contributed by atoms with Crippen LogP contribution in [0.15, 0.2) is 39.6 Å². The highest BCUT2D eigenvalue weighted by Gasteiger charge is 2.24. The Bertz CT molecular complexity index is 656. The predicted molar refractivity (Wildman–Crippen MR) is 75.5 cm³/mol. The van der Waals surface area contributed by atoms with E-state index in [9.17, 15) is 9.59 Å². The van der Waals surface area contributed by atoms with E-state index >= 15 is 0 Å². The van der Waals surface area contributed by atoms with Gasteiger partial charge in [0.1, 0.15) is 5.56 Å². The molecule has 0 aliphatic heterocycles. The molecule has 0 atom stereocenters. The normalized spacial score (nSPS) is 10.6. The molecule has 0 saturated carbocycles.